The molecule has 0 unspecified atom stereocenters. The summed E-state index contributed by atoms with van der Waals surface area (Å²) in [5.41, 5.74) is 1.49. The molecule has 1 aliphatic rings. The summed E-state index contributed by atoms with van der Waals surface area (Å²) < 4.78 is 22.0. The van der Waals surface area contributed by atoms with E-state index in [-0.39, 0.29) is 23.3 Å². The highest BCUT2D eigenvalue weighted by atomic mass is 127. The Hall–Kier alpha value is -2.86. The lowest BCUT2D eigenvalue weighted by atomic mass is 10.1. The largest absolute Gasteiger partial charge is 0.497 e. The molecule has 0 bridgehead atoms. The van der Waals surface area contributed by atoms with E-state index in [0.717, 1.165) is 3.57 Å². The summed E-state index contributed by atoms with van der Waals surface area (Å²) in [7, 11) is 4.40. The number of thiocarbonyl (C=S) groups is 1. The smallest absolute Gasteiger partial charge is 0.325 e. The van der Waals surface area contributed by atoms with E-state index in [0.29, 0.717) is 35.1 Å². The van der Waals surface area contributed by atoms with Gasteiger partial charge in [-0.1, -0.05) is 0 Å². The molecule has 1 heterocycles. The minimum Gasteiger partial charge on any atom is -0.497 e. The first-order valence-electron chi connectivity index (χ1n) is 9.93. The molecular weight excluding hydrogens is 559 g/mol. The molecule has 8 nitrogen and oxygen atoms in total. The SMILES string of the molecule is CCOc1c(I)cc(/C=C2/C(=O)N(c3ccc(OC)cc3)C(=S)N2CC(=O)OC)cc1OC. The number of carbonyl (C=O) groups is 2. The lowest BCUT2D eigenvalue weighted by molar-refractivity contribution is -0.140. The van der Waals surface area contributed by atoms with Gasteiger partial charge in [0.15, 0.2) is 16.6 Å². The van der Waals surface area contributed by atoms with Crippen LogP contribution in [0.5, 0.6) is 17.2 Å². The number of methoxy groups -OCH3 is 3. The van der Waals surface area contributed by atoms with Gasteiger partial charge in [0.05, 0.1) is 37.2 Å². The second-order valence-electron chi connectivity index (χ2n) is 6.78. The number of anilines is 1. The van der Waals surface area contributed by atoms with E-state index >= 15 is 0 Å². The summed E-state index contributed by atoms with van der Waals surface area (Å²) in [6.07, 6.45) is 1.67. The number of ether oxygens (including phenoxy) is 4. The lowest BCUT2D eigenvalue weighted by Gasteiger charge is -2.19. The third kappa shape index (κ3) is 5.22. The summed E-state index contributed by atoms with van der Waals surface area (Å²) in [5.74, 6) is 0.926. The summed E-state index contributed by atoms with van der Waals surface area (Å²) in [5, 5.41) is 0.175. The van der Waals surface area contributed by atoms with E-state index < -0.39 is 5.97 Å². The van der Waals surface area contributed by atoms with Gasteiger partial charge in [-0.25, -0.2) is 0 Å². The molecule has 1 aliphatic heterocycles. The number of hydrogen-bond donors (Lipinski definition) is 0. The van der Waals surface area contributed by atoms with Gasteiger partial charge in [0, 0.05) is 0 Å². The van der Waals surface area contributed by atoms with E-state index in [1.165, 1.54) is 16.9 Å². The molecule has 2 aromatic carbocycles. The topological polar surface area (TPSA) is 77.5 Å². The zero-order valence-electron chi connectivity index (χ0n) is 18.6. The van der Waals surface area contributed by atoms with E-state index in [9.17, 15) is 9.59 Å². The summed E-state index contributed by atoms with van der Waals surface area (Å²) >= 11 is 7.73. The molecule has 1 amide bonds. The van der Waals surface area contributed by atoms with Crippen LogP contribution in [0.2, 0.25) is 0 Å². The van der Waals surface area contributed by atoms with Crippen molar-refractivity contribution in [3.63, 3.8) is 0 Å². The van der Waals surface area contributed by atoms with Crippen LogP contribution in [0.25, 0.3) is 6.08 Å². The quantitative estimate of drug-likeness (QED) is 0.201. The highest BCUT2D eigenvalue weighted by Gasteiger charge is 2.40. The van der Waals surface area contributed by atoms with Crippen LogP contribution in [-0.2, 0) is 14.3 Å². The third-order valence-electron chi connectivity index (χ3n) is 4.82. The predicted molar refractivity (Wildman–Crippen MR) is 137 cm³/mol. The Kier molecular flexibility index (Phi) is 8.14. The van der Waals surface area contributed by atoms with Crippen molar-refractivity contribution in [2.45, 2.75) is 6.92 Å². The van der Waals surface area contributed by atoms with Crippen molar-refractivity contribution >= 4 is 63.6 Å². The monoisotopic (exact) mass is 582 g/mol. The van der Waals surface area contributed by atoms with Gasteiger partial charge in [0.25, 0.3) is 5.91 Å². The van der Waals surface area contributed by atoms with Crippen LogP contribution in [0.3, 0.4) is 0 Å². The fourth-order valence-corrected chi connectivity index (χ4v) is 4.38. The Morgan fingerprint density at radius 3 is 2.39 bits per heavy atom. The minimum atomic E-state index is -0.522. The van der Waals surface area contributed by atoms with Gasteiger partial charge in [0.1, 0.15) is 18.0 Å². The van der Waals surface area contributed by atoms with Crippen LogP contribution in [0.4, 0.5) is 5.69 Å². The van der Waals surface area contributed by atoms with Crippen molar-refractivity contribution in [3.05, 3.63) is 51.2 Å². The molecule has 0 atom stereocenters. The average Bonchev–Trinajstić information content (AvgIpc) is 3.04. The number of hydrogen-bond acceptors (Lipinski definition) is 7. The zero-order chi connectivity index (χ0) is 24.1. The van der Waals surface area contributed by atoms with Gasteiger partial charge < -0.3 is 23.8 Å². The Morgan fingerprint density at radius 2 is 1.82 bits per heavy atom. The molecule has 0 radical (unpaired) electrons. The van der Waals surface area contributed by atoms with Crippen molar-refractivity contribution in [1.29, 1.82) is 0 Å². The van der Waals surface area contributed by atoms with E-state index in [1.807, 2.05) is 13.0 Å². The number of nitrogens with zero attached hydrogens (tertiary/aromatic N) is 2. The van der Waals surface area contributed by atoms with Crippen LogP contribution in [0.15, 0.2) is 42.1 Å². The Balaban J connectivity index is 2.07. The van der Waals surface area contributed by atoms with Crippen molar-refractivity contribution in [3.8, 4) is 17.2 Å². The number of amides is 1. The number of esters is 1. The Morgan fingerprint density at radius 1 is 1.12 bits per heavy atom. The van der Waals surface area contributed by atoms with Crippen molar-refractivity contribution < 1.29 is 28.5 Å². The van der Waals surface area contributed by atoms with Gasteiger partial charge in [-0.3, -0.25) is 14.5 Å². The van der Waals surface area contributed by atoms with E-state index in [4.69, 9.17) is 31.2 Å². The van der Waals surface area contributed by atoms with Crippen LogP contribution >= 0.6 is 34.8 Å². The van der Waals surface area contributed by atoms with Crippen molar-refractivity contribution in [2.75, 3.05) is 39.4 Å². The molecule has 0 aromatic heterocycles. The summed E-state index contributed by atoms with van der Waals surface area (Å²) in [6.45, 7) is 2.18. The molecule has 10 heteroatoms. The molecule has 174 valence electrons. The highest BCUT2D eigenvalue weighted by molar-refractivity contribution is 14.1. The minimum absolute atomic E-state index is 0.175. The second-order valence-corrected chi connectivity index (χ2v) is 8.31. The van der Waals surface area contributed by atoms with Gasteiger partial charge >= 0.3 is 5.97 Å². The van der Waals surface area contributed by atoms with Crippen LogP contribution in [0, 0.1) is 3.57 Å². The maximum absolute atomic E-state index is 13.5. The molecule has 3 rings (SSSR count). The van der Waals surface area contributed by atoms with Crippen molar-refractivity contribution in [1.82, 2.24) is 4.90 Å². The van der Waals surface area contributed by atoms with Crippen LogP contribution in [0.1, 0.15) is 12.5 Å². The van der Waals surface area contributed by atoms with Crippen LogP contribution in [-0.4, -0.2) is 56.4 Å². The lowest BCUT2D eigenvalue weighted by Crippen LogP contribution is -2.35. The first-order valence-corrected chi connectivity index (χ1v) is 11.4. The highest BCUT2D eigenvalue weighted by Crippen LogP contribution is 2.36. The molecule has 0 aliphatic carbocycles. The zero-order valence-corrected chi connectivity index (χ0v) is 21.6. The Labute approximate surface area is 211 Å². The molecule has 2 aromatic rings. The number of rotatable bonds is 8. The standard InChI is InChI=1S/C23H23IN2O6S/c1-5-32-21-17(24)10-14(12-19(21)30-3)11-18-22(28)26(15-6-8-16(29-2)9-7-15)23(33)25(18)13-20(27)31-4/h6-12H,5,13H2,1-4H3/b18-11-. The van der Waals surface area contributed by atoms with Gasteiger partial charge in [-0.15, -0.1) is 0 Å². The Bertz CT molecular complexity index is 1100. The molecule has 1 saturated heterocycles. The number of benzene rings is 2. The fourth-order valence-electron chi connectivity index (χ4n) is 3.25. The summed E-state index contributed by atoms with van der Waals surface area (Å²) in [4.78, 5) is 28.4. The molecule has 0 N–H and O–H groups in total. The maximum atomic E-state index is 13.5. The van der Waals surface area contributed by atoms with Gasteiger partial charge in [0.2, 0.25) is 0 Å². The average molecular weight is 582 g/mol. The third-order valence-corrected chi connectivity index (χ3v) is 6.03. The maximum Gasteiger partial charge on any atom is 0.325 e. The van der Waals surface area contributed by atoms with Gasteiger partial charge in [-0.05, 0) is 89.8 Å². The van der Waals surface area contributed by atoms with E-state index in [2.05, 4.69) is 22.6 Å². The molecule has 0 spiro atoms. The second kappa shape index (κ2) is 10.8. The number of halogens is 1. The van der Waals surface area contributed by atoms with Gasteiger partial charge in [-0.2, -0.15) is 0 Å². The normalized spacial score (nSPS) is 14.6. The molecule has 1 fully saturated rings. The number of carbonyl (C=O) groups excluding carboxylic acids is 2. The first kappa shape index (κ1) is 24.8. The fraction of sp³-hybridized carbons (Fsp3) is 0.261. The first-order chi connectivity index (χ1) is 15.8. The molecule has 33 heavy (non-hydrogen) atoms. The predicted octanol–water partition coefficient (Wildman–Crippen LogP) is 3.85. The van der Waals surface area contributed by atoms with Crippen LogP contribution < -0.4 is 19.1 Å². The molecule has 0 saturated carbocycles. The van der Waals surface area contributed by atoms with Crippen molar-refractivity contribution in [2.24, 2.45) is 0 Å². The summed E-state index contributed by atoms with van der Waals surface area (Å²) in [6, 6.07) is 10.6. The molecular formula is C23H23IN2O6S. The van der Waals surface area contributed by atoms with E-state index in [1.54, 1.807) is 50.6 Å².